The van der Waals surface area contributed by atoms with Gasteiger partial charge < -0.3 is 9.47 Å². The van der Waals surface area contributed by atoms with E-state index in [1.165, 1.54) is 12.8 Å². The molecule has 0 N–H and O–H groups in total. The van der Waals surface area contributed by atoms with Crippen LogP contribution in [0.5, 0.6) is 0 Å². The minimum Gasteiger partial charge on any atom is -0.347 e. The molecular formula is C20H35NO2. The van der Waals surface area contributed by atoms with Crippen molar-refractivity contribution in [2.45, 2.75) is 64.8 Å². The lowest BCUT2D eigenvalue weighted by molar-refractivity contribution is -0.197. The number of rotatable bonds is 7. The Labute approximate surface area is 142 Å². The molecule has 1 saturated carbocycles. The predicted molar refractivity (Wildman–Crippen MR) is 96.4 cm³/mol. The summed E-state index contributed by atoms with van der Waals surface area (Å²) >= 11 is 0. The van der Waals surface area contributed by atoms with Crippen LogP contribution in [0.2, 0.25) is 0 Å². The third kappa shape index (κ3) is 5.17. The molecule has 0 aromatic heterocycles. The topological polar surface area (TPSA) is 21.7 Å². The standard InChI is InChI=1S/C20H35NO2/c1-6-13-21(14-7-2)15-10-18-16-22-20(23-18)11-8-17(9-12-20)19(3,4)5/h6-7,17-18H,1-2,8-16H2,3-5H3. The number of hydrogen-bond donors (Lipinski definition) is 0. The van der Waals surface area contributed by atoms with Gasteiger partial charge in [0.2, 0.25) is 0 Å². The SMILES string of the molecule is C=CCN(CC=C)CCC1COC2(CCC(C(C)(C)C)CC2)O1. The first kappa shape index (κ1) is 18.7. The highest BCUT2D eigenvalue weighted by Crippen LogP contribution is 2.45. The van der Waals surface area contributed by atoms with E-state index in [9.17, 15) is 0 Å². The van der Waals surface area contributed by atoms with Crippen molar-refractivity contribution in [2.24, 2.45) is 11.3 Å². The molecule has 0 bridgehead atoms. The maximum Gasteiger partial charge on any atom is 0.168 e. The molecule has 0 aromatic carbocycles. The highest BCUT2D eigenvalue weighted by molar-refractivity contribution is 4.89. The summed E-state index contributed by atoms with van der Waals surface area (Å²) in [6, 6.07) is 0. The summed E-state index contributed by atoms with van der Waals surface area (Å²) in [7, 11) is 0. The van der Waals surface area contributed by atoms with Crippen LogP contribution in [0, 0.1) is 11.3 Å². The first-order valence-electron chi connectivity index (χ1n) is 9.14. The van der Waals surface area contributed by atoms with Gasteiger partial charge in [-0.05, 0) is 30.6 Å². The molecule has 1 heterocycles. The van der Waals surface area contributed by atoms with Crippen molar-refractivity contribution >= 4 is 0 Å². The van der Waals surface area contributed by atoms with Gasteiger partial charge in [0.15, 0.2) is 5.79 Å². The molecule has 1 saturated heterocycles. The minimum absolute atomic E-state index is 0.235. The Bertz CT molecular complexity index is 381. The molecule has 1 unspecified atom stereocenters. The van der Waals surface area contributed by atoms with Crippen molar-refractivity contribution in [1.82, 2.24) is 4.90 Å². The molecule has 0 amide bonds. The van der Waals surface area contributed by atoms with E-state index in [4.69, 9.17) is 9.47 Å². The lowest BCUT2D eigenvalue weighted by Crippen LogP contribution is -2.39. The molecule has 132 valence electrons. The van der Waals surface area contributed by atoms with Gasteiger partial charge in [0.25, 0.3) is 0 Å². The summed E-state index contributed by atoms with van der Waals surface area (Å²) in [5.41, 5.74) is 0.398. The monoisotopic (exact) mass is 321 g/mol. The van der Waals surface area contributed by atoms with E-state index in [0.717, 1.165) is 51.4 Å². The molecular weight excluding hydrogens is 286 g/mol. The lowest BCUT2D eigenvalue weighted by atomic mass is 9.71. The average Bonchev–Trinajstić information content (AvgIpc) is 2.88. The van der Waals surface area contributed by atoms with Gasteiger partial charge in [-0.15, -0.1) is 13.2 Å². The largest absolute Gasteiger partial charge is 0.347 e. The first-order chi connectivity index (χ1) is 10.9. The van der Waals surface area contributed by atoms with Crippen LogP contribution in [0.1, 0.15) is 52.9 Å². The van der Waals surface area contributed by atoms with Crippen LogP contribution < -0.4 is 0 Å². The van der Waals surface area contributed by atoms with Crippen LogP contribution in [0.25, 0.3) is 0 Å². The third-order valence-electron chi connectivity index (χ3n) is 5.43. The van der Waals surface area contributed by atoms with E-state index in [1.54, 1.807) is 0 Å². The second-order valence-electron chi connectivity index (χ2n) is 8.23. The quantitative estimate of drug-likeness (QED) is 0.649. The fourth-order valence-corrected chi connectivity index (χ4v) is 3.89. The summed E-state index contributed by atoms with van der Waals surface area (Å²) in [5.74, 6) is 0.503. The summed E-state index contributed by atoms with van der Waals surface area (Å²) < 4.78 is 12.5. The molecule has 0 aromatic rings. The van der Waals surface area contributed by atoms with Crippen molar-refractivity contribution in [2.75, 3.05) is 26.2 Å². The zero-order valence-electron chi connectivity index (χ0n) is 15.4. The maximum absolute atomic E-state index is 6.36. The van der Waals surface area contributed by atoms with Crippen molar-refractivity contribution in [3.63, 3.8) is 0 Å². The molecule has 3 heteroatoms. The van der Waals surface area contributed by atoms with Crippen molar-refractivity contribution in [1.29, 1.82) is 0 Å². The molecule has 0 radical (unpaired) electrons. The van der Waals surface area contributed by atoms with Crippen LogP contribution in [0.4, 0.5) is 0 Å². The first-order valence-corrected chi connectivity index (χ1v) is 9.14. The molecule has 2 fully saturated rings. The molecule has 1 atom stereocenters. The fraction of sp³-hybridized carbons (Fsp3) is 0.800. The number of nitrogens with zero attached hydrogens (tertiary/aromatic N) is 1. The van der Waals surface area contributed by atoms with Crippen LogP contribution >= 0.6 is 0 Å². The van der Waals surface area contributed by atoms with E-state index in [1.807, 2.05) is 12.2 Å². The molecule has 1 aliphatic heterocycles. The third-order valence-corrected chi connectivity index (χ3v) is 5.43. The van der Waals surface area contributed by atoms with Gasteiger partial charge in [-0.25, -0.2) is 0 Å². The highest BCUT2D eigenvalue weighted by atomic mass is 16.7. The Hall–Kier alpha value is -0.640. The Morgan fingerprint density at radius 1 is 1.13 bits per heavy atom. The minimum atomic E-state index is -0.284. The Morgan fingerprint density at radius 2 is 1.74 bits per heavy atom. The number of ether oxygens (including phenoxy) is 2. The molecule has 3 nitrogen and oxygen atoms in total. The molecule has 2 aliphatic rings. The second kappa shape index (κ2) is 7.96. The maximum atomic E-state index is 6.36. The summed E-state index contributed by atoms with van der Waals surface area (Å²) in [6.07, 6.45) is 9.69. The van der Waals surface area contributed by atoms with Gasteiger partial charge in [0.05, 0.1) is 12.7 Å². The molecule has 1 spiro atoms. The van der Waals surface area contributed by atoms with Crippen molar-refractivity contribution < 1.29 is 9.47 Å². The zero-order valence-corrected chi connectivity index (χ0v) is 15.4. The van der Waals surface area contributed by atoms with Crippen molar-refractivity contribution in [3.05, 3.63) is 25.3 Å². The Kier molecular flexibility index (Phi) is 6.47. The smallest absolute Gasteiger partial charge is 0.168 e. The average molecular weight is 322 g/mol. The van der Waals surface area contributed by atoms with Crippen LogP contribution in [0.3, 0.4) is 0 Å². The lowest BCUT2D eigenvalue weighted by Gasteiger charge is -2.41. The van der Waals surface area contributed by atoms with E-state index in [0.29, 0.717) is 5.41 Å². The van der Waals surface area contributed by atoms with Gasteiger partial charge in [-0.1, -0.05) is 32.9 Å². The van der Waals surface area contributed by atoms with Gasteiger partial charge in [-0.2, -0.15) is 0 Å². The van der Waals surface area contributed by atoms with Gasteiger partial charge in [-0.3, -0.25) is 4.90 Å². The molecule has 23 heavy (non-hydrogen) atoms. The summed E-state index contributed by atoms with van der Waals surface area (Å²) in [5, 5.41) is 0. The molecule has 1 aliphatic carbocycles. The van der Waals surface area contributed by atoms with Gasteiger partial charge in [0, 0.05) is 32.5 Å². The van der Waals surface area contributed by atoms with E-state index < -0.39 is 0 Å². The second-order valence-corrected chi connectivity index (χ2v) is 8.23. The predicted octanol–water partition coefficient (Wildman–Crippen LogP) is 4.40. The fourth-order valence-electron chi connectivity index (χ4n) is 3.89. The number of hydrogen-bond acceptors (Lipinski definition) is 3. The summed E-state index contributed by atoms with van der Waals surface area (Å²) in [4.78, 5) is 2.34. The summed E-state index contributed by atoms with van der Waals surface area (Å²) in [6.45, 7) is 18.3. The van der Waals surface area contributed by atoms with Gasteiger partial charge >= 0.3 is 0 Å². The van der Waals surface area contributed by atoms with Crippen LogP contribution in [-0.2, 0) is 9.47 Å². The zero-order chi connectivity index (χ0) is 16.9. The van der Waals surface area contributed by atoms with Crippen molar-refractivity contribution in [3.8, 4) is 0 Å². The van der Waals surface area contributed by atoms with E-state index >= 15 is 0 Å². The van der Waals surface area contributed by atoms with Crippen LogP contribution in [-0.4, -0.2) is 43.0 Å². The van der Waals surface area contributed by atoms with Crippen LogP contribution in [0.15, 0.2) is 25.3 Å². The van der Waals surface area contributed by atoms with Gasteiger partial charge in [0.1, 0.15) is 0 Å². The van der Waals surface area contributed by atoms with E-state index in [2.05, 4.69) is 38.8 Å². The Morgan fingerprint density at radius 3 is 2.26 bits per heavy atom. The molecule has 2 rings (SSSR count). The highest BCUT2D eigenvalue weighted by Gasteiger charge is 2.45. The van der Waals surface area contributed by atoms with E-state index in [-0.39, 0.29) is 11.9 Å². The Balaban J connectivity index is 1.78. The normalized spacial score (nSPS) is 31.7.